The Hall–Kier alpha value is -0.620. The van der Waals surface area contributed by atoms with Crippen molar-refractivity contribution in [3.63, 3.8) is 0 Å². The Morgan fingerprint density at radius 2 is 2.06 bits per heavy atom. The van der Waals surface area contributed by atoms with Gasteiger partial charge in [0.1, 0.15) is 5.82 Å². The Morgan fingerprint density at radius 3 is 2.56 bits per heavy atom. The number of carbonyl (C=O) groups excluding carboxylic acids is 1. The largest absolute Gasteiger partial charge is 1.00 e. The quantitative estimate of drug-likeness (QED) is 0.522. The van der Waals surface area contributed by atoms with Crippen molar-refractivity contribution in [1.82, 2.24) is 10.3 Å². The van der Waals surface area contributed by atoms with E-state index in [0.717, 1.165) is 32.0 Å². The second kappa shape index (κ2) is 6.20. The standard InChI is InChI=1S/C10H13N3O2.Na/c14-10(15)8-1-2-9(12-7-8)13-5-3-11-4-6-13;/h1-2,7,11H,3-6H2,(H,14,15);/q;+1/p-1. The minimum absolute atomic E-state index is 0. The van der Waals surface area contributed by atoms with Crippen LogP contribution in [0.4, 0.5) is 5.82 Å². The summed E-state index contributed by atoms with van der Waals surface area (Å²) in [6, 6.07) is 3.25. The third kappa shape index (κ3) is 3.18. The average molecular weight is 229 g/mol. The van der Waals surface area contributed by atoms with Crippen LogP contribution in [0, 0.1) is 0 Å². The number of nitrogens with zero attached hydrogens (tertiary/aromatic N) is 2. The molecule has 1 aliphatic heterocycles. The molecular formula is C10H12N3NaO2. The maximum absolute atomic E-state index is 10.5. The monoisotopic (exact) mass is 229 g/mol. The predicted molar refractivity (Wildman–Crippen MR) is 53.7 cm³/mol. The zero-order valence-electron chi connectivity index (χ0n) is 9.27. The first kappa shape index (κ1) is 13.4. The van der Waals surface area contributed by atoms with Gasteiger partial charge in [0.15, 0.2) is 0 Å². The van der Waals surface area contributed by atoms with Crippen LogP contribution in [0.25, 0.3) is 0 Å². The summed E-state index contributed by atoms with van der Waals surface area (Å²) >= 11 is 0. The van der Waals surface area contributed by atoms with E-state index in [9.17, 15) is 9.90 Å². The number of anilines is 1. The number of aromatic carboxylic acids is 1. The fourth-order valence-electron chi connectivity index (χ4n) is 1.59. The van der Waals surface area contributed by atoms with Crippen LogP contribution in [0.1, 0.15) is 10.4 Å². The molecule has 1 aliphatic rings. The zero-order valence-corrected chi connectivity index (χ0v) is 11.3. The molecule has 16 heavy (non-hydrogen) atoms. The van der Waals surface area contributed by atoms with Crippen LogP contribution in [0.2, 0.25) is 0 Å². The molecule has 0 atom stereocenters. The first-order valence-electron chi connectivity index (χ1n) is 4.90. The van der Waals surface area contributed by atoms with E-state index in [-0.39, 0.29) is 35.1 Å². The predicted octanol–water partition coefficient (Wildman–Crippen LogP) is -4.14. The van der Waals surface area contributed by atoms with Crippen LogP contribution in [0.3, 0.4) is 0 Å². The van der Waals surface area contributed by atoms with Gasteiger partial charge in [-0.05, 0) is 12.1 Å². The minimum atomic E-state index is -1.19. The SMILES string of the molecule is O=C([O-])c1ccc(N2CCNCC2)nc1.[Na+]. The van der Waals surface area contributed by atoms with Crippen LogP contribution in [-0.2, 0) is 0 Å². The van der Waals surface area contributed by atoms with E-state index in [2.05, 4.69) is 15.2 Å². The van der Waals surface area contributed by atoms with E-state index < -0.39 is 5.97 Å². The van der Waals surface area contributed by atoms with Crippen LogP contribution in [0.5, 0.6) is 0 Å². The smallest absolute Gasteiger partial charge is 0.545 e. The van der Waals surface area contributed by atoms with Gasteiger partial charge >= 0.3 is 29.6 Å². The summed E-state index contributed by atoms with van der Waals surface area (Å²) < 4.78 is 0. The Labute approximate surface area is 116 Å². The molecule has 1 saturated heterocycles. The first-order valence-corrected chi connectivity index (χ1v) is 4.90. The summed E-state index contributed by atoms with van der Waals surface area (Å²) in [4.78, 5) is 16.7. The van der Waals surface area contributed by atoms with Crippen molar-refractivity contribution in [3.8, 4) is 0 Å². The Balaban J connectivity index is 0.00000128. The topological polar surface area (TPSA) is 68.3 Å². The molecule has 2 rings (SSSR count). The number of carboxylic acid groups (broad SMARTS) is 1. The fraction of sp³-hybridized carbons (Fsp3) is 0.400. The van der Waals surface area contributed by atoms with E-state index in [4.69, 9.17) is 0 Å². The molecule has 0 amide bonds. The number of carbonyl (C=O) groups is 1. The van der Waals surface area contributed by atoms with E-state index in [1.54, 1.807) is 6.07 Å². The molecule has 0 aliphatic carbocycles. The summed E-state index contributed by atoms with van der Waals surface area (Å²) in [5.74, 6) is -0.365. The molecule has 2 heterocycles. The first-order chi connectivity index (χ1) is 7.27. The van der Waals surface area contributed by atoms with Gasteiger partial charge in [0.25, 0.3) is 0 Å². The number of aromatic nitrogens is 1. The van der Waals surface area contributed by atoms with Crippen molar-refractivity contribution in [1.29, 1.82) is 0 Å². The minimum Gasteiger partial charge on any atom is -0.545 e. The Kier molecular flexibility index (Phi) is 5.21. The summed E-state index contributed by atoms with van der Waals surface area (Å²) in [6.07, 6.45) is 1.34. The molecule has 1 aromatic heterocycles. The van der Waals surface area contributed by atoms with Crippen LogP contribution >= 0.6 is 0 Å². The maximum Gasteiger partial charge on any atom is 1.00 e. The molecule has 0 bridgehead atoms. The van der Waals surface area contributed by atoms with Gasteiger partial charge in [-0.3, -0.25) is 0 Å². The average Bonchev–Trinajstić information content (AvgIpc) is 2.30. The van der Waals surface area contributed by atoms with Crippen LogP contribution in [0.15, 0.2) is 18.3 Å². The number of hydrogen-bond donors (Lipinski definition) is 1. The van der Waals surface area contributed by atoms with Crippen LogP contribution < -0.4 is 44.9 Å². The van der Waals surface area contributed by atoms with Crippen LogP contribution in [-0.4, -0.2) is 37.1 Å². The Morgan fingerprint density at radius 1 is 1.38 bits per heavy atom. The van der Waals surface area contributed by atoms with E-state index in [1.165, 1.54) is 12.3 Å². The van der Waals surface area contributed by atoms with Crippen molar-refractivity contribution in [2.45, 2.75) is 0 Å². The molecule has 0 radical (unpaired) electrons. The molecule has 0 saturated carbocycles. The van der Waals surface area contributed by atoms with Gasteiger partial charge < -0.3 is 20.1 Å². The van der Waals surface area contributed by atoms with Gasteiger partial charge in [0, 0.05) is 37.9 Å². The zero-order chi connectivity index (χ0) is 10.7. The number of nitrogens with one attached hydrogen (secondary N) is 1. The number of rotatable bonds is 2. The van der Waals surface area contributed by atoms with Crippen molar-refractivity contribution >= 4 is 11.8 Å². The van der Waals surface area contributed by atoms with Crippen molar-refractivity contribution < 1.29 is 39.5 Å². The van der Waals surface area contributed by atoms with Crippen molar-refractivity contribution in [3.05, 3.63) is 23.9 Å². The molecule has 1 aromatic rings. The van der Waals surface area contributed by atoms with Gasteiger partial charge in [0.2, 0.25) is 0 Å². The molecule has 0 aromatic carbocycles. The molecular weight excluding hydrogens is 217 g/mol. The van der Waals surface area contributed by atoms with Gasteiger partial charge in [0.05, 0.1) is 5.97 Å². The summed E-state index contributed by atoms with van der Waals surface area (Å²) in [6.45, 7) is 3.67. The van der Waals surface area contributed by atoms with Crippen molar-refractivity contribution in [2.24, 2.45) is 0 Å². The van der Waals surface area contributed by atoms with E-state index >= 15 is 0 Å². The molecule has 0 unspecified atom stereocenters. The number of hydrogen-bond acceptors (Lipinski definition) is 5. The molecule has 80 valence electrons. The van der Waals surface area contributed by atoms with E-state index in [0.29, 0.717) is 0 Å². The summed E-state index contributed by atoms with van der Waals surface area (Å²) in [5, 5.41) is 13.8. The normalized spacial score (nSPS) is 15.4. The van der Waals surface area contributed by atoms with Gasteiger partial charge in [-0.1, -0.05) is 0 Å². The third-order valence-corrected chi connectivity index (χ3v) is 2.42. The van der Waals surface area contributed by atoms with Gasteiger partial charge in [-0.15, -0.1) is 0 Å². The molecule has 0 spiro atoms. The second-order valence-electron chi connectivity index (χ2n) is 3.43. The summed E-state index contributed by atoms with van der Waals surface area (Å²) in [7, 11) is 0. The number of piperazine rings is 1. The third-order valence-electron chi connectivity index (χ3n) is 2.42. The molecule has 1 fully saturated rings. The maximum atomic E-state index is 10.5. The second-order valence-corrected chi connectivity index (χ2v) is 3.43. The van der Waals surface area contributed by atoms with Crippen molar-refractivity contribution in [2.75, 3.05) is 31.1 Å². The molecule has 1 N–H and O–H groups in total. The van der Waals surface area contributed by atoms with Gasteiger partial charge in [-0.25, -0.2) is 4.98 Å². The Bertz CT molecular complexity index is 350. The number of pyridine rings is 1. The van der Waals surface area contributed by atoms with E-state index in [1.807, 2.05) is 0 Å². The molecule has 6 heteroatoms. The summed E-state index contributed by atoms with van der Waals surface area (Å²) in [5.41, 5.74) is 0.119. The molecule has 5 nitrogen and oxygen atoms in total. The fourth-order valence-corrected chi connectivity index (χ4v) is 1.59. The van der Waals surface area contributed by atoms with Gasteiger partial charge in [-0.2, -0.15) is 0 Å². The number of carboxylic acids is 1.